The van der Waals surface area contributed by atoms with Crippen molar-refractivity contribution in [1.82, 2.24) is 4.90 Å². The van der Waals surface area contributed by atoms with E-state index in [4.69, 9.17) is 9.62 Å². The predicted octanol–water partition coefficient (Wildman–Crippen LogP) is 1.65. The standard InChI is InChI=1S/C11H14N2O3/c1-8-10(4-7-16-8)11(14)13-5-2-9(12-15)3-6-13/h4,7,15H,2-3,5-6H2,1H3. The van der Waals surface area contributed by atoms with Crippen molar-refractivity contribution >= 4 is 11.6 Å². The molecular formula is C11H14N2O3. The van der Waals surface area contributed by atoms with Gasteiger partial charge >= 0.3 is 0 Å². The number of hydrogen-bond donors (Lipinski definition) is 1. The molecule has 1 amide bonds. The molecule has 1 N–H and O–H groups in total. The second-order valence-corrected chi connectivity index (χ2v) is 3.85. The smallest absolute Gasteiger partial charge is 0.257 e. The monoisotopic (exact) mass is 222 g/mol. The number of amides is 1. The Morgan fingerprint density at radius 3 is 2.69 bits per heavy atom. The number of carbonyl (C=O) groups is 1. The number of rotatable bonds is 1. The largest absolute Gasteiger partial charge is 0.469 e. The Morgan fingerprint density at radius 2 is 2.19 bits per heavy atom. The molecule has 0 aromatic carbocycles. The molecular weight excluding hydrogens is 208 g/mol. The lowest BCUT2D eigenvalue weighted by atomic mass is 10.1. The molecule has 1 aliphatic heterocycles. The first-order chi connectivity index (χ1) is 7.72. The summed E-state index contributed by atoms with van der Waals surface area (Å²) in [5.41, 5.74) is 1.37. The summed E-state index contributed by atoms with van der Waals surface area (Å²) in [5, 5.41) is 11.8. The van der Waals surface area contributed by atoms with E-state index in [1.54, 1.807) is 17.9 Å². The van der Waals surface area contributed by atoms with Crippen LogP contribution >= 0.6 is 0 Å². The summed E-state index contributed by atoms with van der Waals surface area (Å²) in [6.07, 6.45) is 2.80. The fourth-order valence-electron chi connectivity index (χ4n) is 1.85. The third-order valence-electron chi connectivity index (χ3n) is 2.86. The molecule has 0 spiro atoms. The van der Waals surface area contributed by atoms with Crippen LogP contribution in [0.4, 0.5) is 0 Å². The van der Waals surface area contributed by atoms with Gasteiger partial charge in [-0.05, 0) is 13.0 Å². The molecule has 1 aromatic rings. The van der Waals surface area contributed by atoms with E-state index in [1.165, 1.54) is 6.26 Å². The number of aryl methyl sites for hydroxylation is 1. The summed E-state index contributed by atoms with van der Waals surface area (Å²) in [6.45, 7) is 2.98. The van der Waals surface area contributed by atoms with Crippen molar-refractivity contribution in [2.45, 2.75) is 19.8 Å². The molecule has 2 heterocycles. The number of likely N-dealkylation sites (tertiary alicyclic amines) is 1. The zero-order chi connectivity index (χ0) is 11.5. The molecule has 5 nitrogen and oxygen atoms in total. The topological polar surface area (TPSA) is 66.0 Å². The molecule has 0 atom stereocenters. The van der Waals surface area contributed by atoms with E-state index in [-0.39, 0.29) is 5.91 Å². The van der Waals surface area contributed by atoms with Gasteiger partial charge in [-0.25, -0.2) is 0 Å². The number of hydrogen-bond acceptors (Lipinski definition) is 4. The second kappa shape index (κ2) is 4.38. The third kappa shape index (κ3) is 1.93. The van der Waals surface area contributed by atoms with E-state index in [0.29, 0.717) is 37.3 Å². The van der Waals surface area contributed by atoms with Crippen LogP contribution < -0.4 is 0 Å². The molecule has 0 radical (unpaired) electrons. The lowest BCUT2D eigenvalue weighted by Crippen LogP contribution is -2.38. The highest BCUT2D eigenvalue weighted by molar-refractivity contribution is 5.96. The average molecular weight is 222 g/mol. The summed E-state index contributed by atoms with van der Waals surface area (Å²) in [7, 11) is 0. The maximum Gasteiger partial charge on any atom is 0.257 e. The molecule has 1 aromatic heterocycles. The van der Waals surface area contributed by atoms with Gasteiger partial charge in [0, 0.05) is 25.9 Å². The van der Waals surface area contributed by atoms with Crippen LogP contribution in [0.15, 0.2) is 21.9 Å². The van der Waals surface area contributed by atoms with Gasteiger partial charge in [-0.15, -0.1) is 0 Å². The van der Waals surface area contributed by atoms with E-state index in [9.17, 15) is 4.79 Å². The molecule has 86 valence electrons. The van der Waals surface area contributed by atoms with Gasteiger partial charge in [0.25, 0.3) is 5.91 Å². The van der Waals surface area contributed by atoms with E-state index < -0.39 is 0 Å². The number of furan rings is 1. The van der Waals surface area contributed by atoms with Crippen LogP contribution in [0.25, 0.3) is 0 Å². The fourth-order valence-corrected chi connectivity index (χ4v) is 1.85. The number of carbonyl (C=O) groups excluding carboxylic acids is 1. The van der Waals surface area contributed by atoms with Gasteiger partial charge in [0.05, 0.1) is 17.5 Å². The summed E-state index contributed by atoms with van der Waals surface area (Å²) >= 11 is 0. The highest BCUT2D eigenvalue weighted by Gasteiger charge is 2.23. The maximum absolute atomic E-state index is 12.0. The quantitative estimate of drug-likeness (QED) is 0.580. The van der Waals surface area contributed by atoms with E-state index in [2.05, 4.69) is 5.16 Å². The average Bonchev–Trinajstić information content (AvgIpc) is 2.75. The lowest BCUT2D eigenvalue weighted by Gasteiger charge is -2.26. The predicted molar refractivity (Wildman–Crippen MR) is 57.8 cm³/mol. The van der Waals surface area contributed by atoms with Gasteiger partial charge in [0.1, 0.15) is 5.76 Å². The lowest BCUT2D eigenvalue weighted by molar-refractivity contribution is 0.0752. The maximum atomic E-state index is 12.0. The summed E-state index contributed by atoms with van der Waals surface area (Å²) < 4.78 is 5.11. The van der Waals surface area contributed by atoms with Gasteiger partial charge in [0.2, 0.25) is 0 Å². The summed E-state index contributed by atoms with van der Waals surface area (Å²) in [6, 6.07) is 1.69. The summed E-state index contributed by atoms with van der Waals surface area (Å²) in [5.74, 6) is 0.634. The van der Waals surface area contributed by atoms with Crippen molar-refractivity contribution in [3.8, 4) is 0 Å². The van der Waals surface area contributed by atoms with Crippen molar-refractivity contribution < 1.29 is 14.4 Å². The third-order valence-corrected chi connectivity index (χ3v) is 2.86. The minimum absolute atomic E-state index is 0.0109. The zero-order valence-electron chi connectivity index (χ0n) is 9.14. The molecule has 0 unspecified atom stereocenters. The number of piperidine rings is 1. The molecule has 5 heteroatoms. The fraction of sp³-hybridized carbons (Fsp3) is 0.455. The first-order valence-corrected chi connectivity index (χ1v) is 5.25. The van der Waals surface area contributed by atoms with Crippen LogP contribution in [-0.2, 0) is 0 Å². The second-order valence-electron chi connectivity index (χ2n) is 3.85. The van der Waals surface area contributed by atoms with Crippen LogP contribution in [0, 0.1) is 6.92 Å². The van der Waals surface area contributed by atoms with Gasteiger partial charge in [-0.2, -0.15) is 0 Å². The Balaban J connectivity index is 2.05. The molecule has 0 saturated carbocycles. The van der Waals surface area contributed by atoms with Crippen LogP contribution in [0.2, 0.25) is 0 Å². The molecule has 0 bridgehead atoms. The Labute approximate surface area is 93.3 Å². The normalized spacial score (nSPS) is 16.3. The Hall–Kier alpha value is -1.78. The molecule has 2 rings (SSSR count). The van der Waals surface area contributed by atoms with E-state index in [1.807, 2.05) is 0 Å². The van der Waals surface area contributed by atoms with Crippen LogP contribution in [0.1, 0.15) is 29.0 Å². The minimum atomic E-state index is -0.0109. The first kappa shape index (κ1) is 10.7. The first-order valence-electron chi connectivity index (χ1n) is 5.25. The van der Waals surface area contributed by atoms with Gasteiger partial charge in [0.15, 0.2) is 0 Å². The van der Waals surface area contributed by atoms with Crippen molar-refractivity contribution in [3.05, 3.63) is 23.7 Å². The zero-order valence-corrected chi connectivity index (χ0v) is 9.14. The molecule has 16 heavy (non-hydrogen) atoms. The molecule has 1 aliphatic rings. The molecule has 1 fully saturated rings. The van der Waals surface area contributed by atoms with Gasteiger partial charge in [-0.1, -0.05) is 5.16 Å². The SMILES string of the molecule is Cc1occc1C(=O)N1CCC(=NO)CC1. The summed E-state index contributed by atoms with van der Waals surface area (Å²) in [4.78, 5) is 13.8. The van der Waals surface area contributed by atoms with E-state index in [0.717, 1.165) is 5.71 Å². The highest BCUT2D eigenvalue weighted by Crippen LogP contribution is 2.15. The van der Waals surface area contributed by atoms with Crippen molar-refractivity contribution in [1.29, 1.82) is 0 Å². The van der Waals surface area contributed by atoms with E-state index >= 15 is 0 Å². The minimum Gasteiger partial charge on any atom is -0.469 e. The molecule has 0 aliphatic carbocycles. The Bertz CT molecular complexity index is 413. The Kier molecular flexibility index (Phi) is 2.94. The van der Waals surface area contributed by atoms with Gasteiger partial charge in [-0.3, -0.25) is 4.79 Å². The van der Waals surface area contributed by atoms with Crippen LogP contribution in [0.3, 0.4) is 0 Å². The van der Waals surface area contributed by atoms with Crippen molar-refractivity contribution in [2.24, 2.45) is 5.16 Å². The number of nitrogens with zero attached hydrogens (tertiary/aromatic N) is 2. The van der Waals surface area contributed by atoms with Crippen LogP contribution in [-0.4, -0.2) is 34.8 Å². The number of oxime groups is 1. The Morgan fingerprint density at radius 1 is 1.50 bits per heavy atom. The van der Waals surface area contributed by atoms with Crippen LogP contribution in [0.5, 0.6) is 0 Å². The van der Waals surface area contributed by atoms with Gasteiger partial charge < -0.3 is 14.5 Å². The molecule has 1 saturated heterocycles. The van der Waals surface area contributed by atoms with Crippen molar-refractivity contribution in [2.75, 3.05) is 13.1 Å². The van der Waals surface area contributed by atoms with Crippen molar-refractivity contribution in [3.63, 3.8) is 0 Å². The highest BCUT2D eigenvalue weighted by atomic mass is 16.4.